The fourth-order valence-corrected chi connectivity index (χ4v) is 9.57. The third-order valence-electron chi connectivity index (χ3n) is 11.8. The van der Waals surface area contributed by atoms with E-state index in [0.717, 1.165) is 56.1 Å². The maximum Gasteiger partial charge on any atom is 0.182 e. The van der Waals surface area contributed by atoms with Crippen molar-refractivity contribution >= 4 is 11.6 Å². The van der Waals surface area contributed by atoms with Gasteiger partial charge >= 0.3 is 0 Å². The SMILES string of the molecule is CC1(C)CC[C@]2(C#N)CC[C@]3(C)C(=C2C1)C(=O)C=C1[C@@]2(C)CC(C#N)C(=O)C(C)(C)[C@@H]2CC[C@]13C. The number of nitrogens with zero attached hydrogens (tertiary/aromatic N) is 2. The van der Waals surface area contributed by atoms with Gasteiger partial charge in [0.15, 0.2) is 11.6 Å². The fraction of sp³-hybridized carbons (Fsp3) is 0.742. The minimum atomic E-state index is -0.631. The number of hydrogen-bond donors (Lipinski definition) is 0. The van der Waals surface area contributed by atoms with Crippen LogP contribution in [0.2, 0.25) is 0 Å². The predicted molar refractivity (Wildman–Crippen MR) is 135 cm³/mol. The average Bonchev–Trinajstić information content (AvgIpc) is 2.77. The first kappa shape index (κ1) is 24.5. The molecule has 0 aromatic heterocycles. The minimum Gasteiger partial charge on any atom is -0.298 e. The summed E-state index contributed by atoms with van der Waals surface area (Å²) in [5.74, 6) is -0.373. The van der Waals surface area contributed by atoms with E-state index in [1.807, 2.05) is 19.9 Å². The van der Waals surface area contributed by atoms with Gasteiger partial charge in [-0.1, -0.05) is 54.0 Å². The summed E-state index contributed by atoms with van der Waals surface area (Å²) < 4.78 is 0. The molecule has 6 atom stereocenters. The number of carbonyl (C=O) groups is 2. The molecular weight excluding hydrogens is 432 g/mol. The first-order chi connectivity index (χ1) is 16.1. The third kappa shape index (κ3) is 2.84. The zero-order chi connectivity index (χ0) is 25.8. The molecule has 0 spiro atoms. The highest BCUT2D eigenvalue weighted by atomic mass is 16.1. The van der Waals surface area contributed by atoms with Crippen LogP contribution in [0.3, 0.4) is 0 Å². The van der Waals surface area contributed by atoms with Gasteiger partial charge in [0.05, 0.1) is 17.6 Å². The van der Waals surface area contributed by atoms with Crippen molar-refractivity contribution in [2.75, 3.05) is 0 Å². The van der Waals surface area contributed by atoms with Crippen LogP contribution in [0.15, 0.2) is 22.8 Å². The van der Waals surface area contributed by atoms with Gasteiger partial charge in [-0.15, -0.1) is 0 Å². The molecule has 3 saturated carbocycles. The average molecular weight is 473 g/mol. The van der Waals surface area contributed by atoms with Gasteiger partial charge in [-0.2, -0.15) is 10.5 Å². The number of rotatable bonds is 0. The lowest BCUT2D eigenvalue weighted by molar-refractivity contribution is -0.148. The van der Waals surface area contributed by atoms with Crippen molar-refractivity contribution in [3.8, 4) is 12.1 Å². The molecule has 0 amide bonds. The lowest BCUT2D eigenvalue weighted by atomic mass is 9.36. The lowest BCUT2D eigenvalue weighted by Gasteiger charge is -2.66. The molecule has 5 aliphatic rings. The fourth-order valence-electron chi connectivity index (χ4n) is 9.57. The van der Waals surface area contributed by atoms with Gasteiger partial charge in [0.25, 0.3) is 0 Å². The zero-order valence-electron chi connectivity index (χ0n) is 22.6. The molecule has 1 unspecified atom stereocenters. The third-order valence-corrected chi connectivity index (χ3v) is 11.8. The van der Waals surface area contributed by atoms with E-state index in [1.165, 1.54) is 5.57 Å². The van der Waals surface area contributed by atoms with E-state index in [0.29, 0.717) is 6.42 Å². The molecule has 0 heterocycles. The zero-order valence-corrected chi connectivity index (χ0v) is 22.6. The van der Waals surface area contributed by atoms with Crippen LogP contribution in [0.25, 0.3) is 0 Å². The Labute approximate surface area is 210 Å². The first-order valence-corrected chi connectivity index (χ1v) is 13.5. The molecule has 186 valence electrons. The van der Waals surface area contributed by atoms with E-state index in [-0.39, 0.29) is 39.1 Å². The second-order valence-corrected chi connectivity index (χ2v) is 14.5. The summed E-state index contributed by atoms with van der Waals surface area (Å²) in [4.78, 5) is 27.4. The van der Waals surface area contributed by atoms with Crippen LogP contribution < -0.4 is 0 Å². The van der Waals surface area contributed by atoms with Gasteiger partial charge in [-0.25, -0.2) is 0 Å². The summed E-state index contributed by atoms with van der Waals surface area (Å²) in [5.41, 5.74) is 1.27. The first-order valence-electron chi connectivity index (χ1n) is 13.5. The van der Waals surface area contributed by atoms with Crippen molar-refractivity contribution in [3.63, 3.8) is 0 Å². The Hall–Kier alpha value is -2.20. The highest BCUT2D eigenvalue weighted by Crippen LogP contribution is 2.73. The molecule has 0 aromatic rings. The summed E-state index contributed by atoms with van der Waals surface area (Å²) in [7, 11) is 0. The van der Waals surface area contributed by atoms with Crippen LogP contribution in [-0.4, -0.2) is 11.6 Å². The second-order valence-electron chi connectivity index (χ2n) is 14.5. The number of Topliss-reactive ketones (excluding diaryl/α,β-unsaturated/α-hetero) is 1. The van der Waals surface area contributed by atoms with Gasteiger partial charge in [-0.3, -0.25) is 9.59 Å². The normalized spacial score (nSPS) is 45.7. The maximum absolute atomic E-state index is 14.2. The minimum absolute atomic E-state index is 0.0590. The molecule has 4 heteroatoms. The summed E-state index contributed by atoms with van der Waals surface area (Å²) in [6.07, 6.45) is 8.58. The number of ketones is 2. The van der Waals surface area contributed by atoms with Crippen molar-refractivity contribution in [1.82, 2.24) is 0 Å². The molecule has 0 N–H and O–H groups in total. The number of carbonyl (C=O) groups excluding carboxylic acids is 2. The number of allylic oxidation sites excluding steroid dienone is 4. The Balaban J connectivity index is 1.74. The van der Waals surface area contributed by atoms with E-state index in [1.54, 1.807) is 0 Å². The standard InChI is InChI=1S/C31H40N2O2/c1-26(2)10-12-31(18-33)13-11-30(7)24(20(31)16-26)21(34)14-23-28(5)15-19(17-32)25(35)27(3,4)22(28)8-9-29(23,30)6/h14,19,22H,8-13,15-16H2,1-7H3/t19?,22-,28-,29+,30+,31+/m0/s1. The summed E-state index contributed by atoms with van der Waals surface area (Å²) in [5, 5.41) is 20.3. The maximum atomic E-state index is 14.2. The molecule has 5 rings (SSSR count). The van der Waals surface area contributed by atoms with Crippen LogP contribution in [0.1, 0.15) is 99.8 Å². The highest BCUT2D eigenvalue weighted by molar-refractivity contribution is 6.08. The Bertz CT molecular complexity index is 1190. The lowest BCUT2D eigenvalue weighted by Crippen LogP contribution is -2.61. The molecule has 0 aromatic carbocycles. The van der Waals surface area contributed by atoms with Gasteiger partial charge in [0.2, 0.25) is 0 Å². The van der Waals surface area contributed by atoms with E-state index >= 15 is 0 Å². The van der Waals surface area contributed by atoms with Gasteiger partial charge in [0, 0.05) is 16.4 Å². The van der Waals surface area contributed by atoms with Crippen molar-refractivity contribution in [1.29, 1.82) is 10.5 Å². The smallest absolute Gasteiger partial charge is 0.182 e. The molecule has 0 radical (unpaired) electrons. The molecule has 5 aliphatic carbocycles. The van der Waals surface area contributed by atoms with Crippen LogP contribution in [0.5, 0.6) is 0 Å². The number of hydrogen-bond acceptors (Lipinski definition) is 4. The van der Waals surface area contributed by atoms with Crippen molar-refractivity contribution < 1.29 is 9.59 Å². The van der Waals surface area contributed by atoms with Crippen molar-refractivity contribution in [2.24, 2.45) is 44.3 Å². The van der Waals surface area contributed by atoms with Crippen LogP contribution in [0.4, 0.5) is 0 Å². The molecule has 0 bridgehead atoms. The number of fused-ring (bicyclic) bond motifs is 6. The van der Waals surface area contributed by atoms with Crippen molar-refractivity contribution in [3.05, 3.63) is 22.8 Å². The molecule has 0 saturated heterocycles. The summed E-state index contributed by atoms with van der Waals surface area (Å²) in [6, 6.07) is 4.99. The molecule has 3 fully saturated rings. The Morgan fingerprint density at radius 3 is 2.17 bits per heavy atom. The Morgan fingerprint density at radius 1 is 0.886 bits per heavy atom. The van der Waals surface area contributed by atoms with E-state index in [4.69, 9.17) is 0 Å². The van der Waals surface area contributed by atoms with Gasteiger partial charge in [0.1, 0.15) is 5.92 Å². The highest BCUT2D eigenvalue weighted by Gasteiger charge is 2.67. The summed E-state index contributed by atoms with van der Waals surface area (Å²) in [6.45, 7) is 15.4. The predicted octanol–water partition coefficient (Wildman–Crippen LogP) is 6.87. The van der Waals surface area contributed by atoms with Gasteiger partial charge < -0.3 is 0 Å². The monoisotopic (exact) mass is 472 g/mol. The van der Waals surface area contributed by atoms with Crippen LogP contribution in [-0.2, 0) is 9.59 Å². The van der Waals surface area contributed by atoms with E-state index < -0.39 is 16.7 Å². The van der Waals surface area contributed by atoms with Crippen molar-refractivity contribution in [2.45, 2.75) is 99.8 Å². The van der Waals surface area contributed by atoms with Crippen LogP contribution in [0, 0.1) is 67.0 Å². The van der Waals surface area contributed by atoms with E-state index in [2.05, 4.69) is 46.8 Å². The van der Waals surface area contributed by atoms with E-state index in [9.17, 15) is 20.1 Å². The van der Waals surface area contributed by atoms with Crippen LogP contribution >= 0.6 is 0 Å². The van der Waals surface area contributed by atoms with Gasteiger partial charge in [-0.05, 0) is 85.2 Å². The quantitative estimate of drug-likeness (QED) is 0.385. The Morgan fingerprint density at radius 2 is 1.54 bits per heavy atom. The summed E-state index contributed by atoms with van der Waals surface area (Å²) >= 11 is 0. The molecule has 0 aliphatic heterocycles. The Kier molecular flexibility index (Phi) is 4.88. The number of nitriles is 2. The second kappa shape index (κ2) is 6.97. The molecule has 35 heavy (non-hydrogen) atoms. The largest absolute Gasteiger partial charge is 0.298 e. The molecule has 4 nitrogen and oxygen atoms in total. The topological polar surface area (TPSA) is 81.7 Å². The molecular formula is C31H40N2O2.